The van der Waals surface area contributed by atoms with E-state index in [0.717, 1.165) is 29.8 Å². The molecule has 2 rings (SSSR count). The van der Waals surface area contributed by atoms with E-state index in [4.69, 9.17) is 15.2 Å². The van der Waals surface area contributed by atoms with Gasteiger partial charge in [-0.05, 0) is 42.0 Å². The second kappa shape index (κ2) is 12.2. The Morgan fingerprint density at radius 3 is 2.19 bits per heavy atom. The number of hydrogen-bond acceptors (Lipinski definition) is 4. The van der Waals surface area contributed by atoms with Gasteiger partial charge in [-0.15, -0.1) is 24.0 Å². The van der Waals surface area contributed by atoms with E-state index in [1.165, 1.54) is 0 Å². The Balaban J connectivity index is 0.00000480. The molecule has 0 spiro atoms. The summed E-state index contributed by atoms with van der Waals surface area (Å²) < 4.78 is 48.0. The normalized spacial score (nSPS) is 11.3. The third-order valence-corrected chi connectivity index (χ3v) is 4.07. The lowest BCUT2D eigenvalue weighted by Gasteiger charge is -2.10. The highest BCUT2D eigenvalue weighted by molar-refractivity contribution is 14.0. The summed E-state index contributed by atoms with van der Waals surface area (Å²) in [6.45, 7) is 0.831. The van der Waals surface area contributed by atoms with E-state index in [9.17, 15) is 18.0 Å². The number of methoxy groups -OCH3 is 2. The molecule has 0 radical (unpaired) electrons. The van der Waals surface area contributed by atoms with Crippen molar-refractivity contribution >= 4 is 35.8 Å². The van der Waals surface area contributed by atoms with E-state index < -0.39 is 17.6 Å². The number of nitrogens with one attached hydrogen (secondary N) is 2. The maximum Gasteiger partial charge on any atom is 0.416 e. The SMILES string of the molecule is COc1ccc(CN=C(N)NCCNC(=O)c2ccc(C(F)(F)F)cc2)cc1OC.I. The molecule has 31 heavy (non-hydrogen) atoms. The van der Waals surface area contributed by atoms with E-state index in [-0.39, 0.29) is 42.0 Å². The molecule has 0 saturated heterocycles. The van der Waals surface area contributed by atoms with Crippen LogP contribution in [-0.4, -0.2) is 39.2 Å². The van der Waals surface area contributed by atoms with Crippen molar-refractivity contribution in [1.29, 1.82) is 0 Å². The van der Waals surface area contributed by atoms with Crippen LogP contribution in [0.4, 0.5) is 13.2 Å². The van der Waals surface area contributed by atoms with E-state index in [1.807, 2.05) is 6.07 Å². The Labute approximate surface area is 195 Å². The van der Waals surface area contributed by atoms with Crippen LogP contribution < -0.4 is 25.8 Å². The second-order valence-electron chi connectivity index (χ2n) is 6.15. The molecule has 0 aromatic heterocycles. The summed E-state index contributed by atoms with van der Waals surface area (Å²) in [7, 11) is 3.09. The predicted octanol–water partition coefficient (Wildman–Crippen LogP) is 3.17. The number of ether oxygens (including phenoxy) is 2. The van der Waals surface area contributed by atoms with Gasteiger partial charge in [-0.25, -0.2) is 4.99 Å². The van der Waals surface area contributed by atoms with Crippen molar-refractivity contribution in [3.8, 4) is 11.5 Å². The van der Waals surface area contributed by atoms with Gasteiger partial charge in [0.15, 0.2) is 17.5 Å². The number of aliphatic imine (C=N–C) groups is 1. The average molecular weight is 552 g/mol. The zero-order valence-electron chi connectivity index (χ0n) is 17.0. The topological polar surface area (TPSA) is 98.0 Å². The maximum atomic E-state index is 12.5. The van der Waals surface area contributed by atoms with Crippen molar-refractivity contribution in [3.05, 3.63) is 59.2 Å². The van der Waals surface area contributed by atoms with E-state index in [2.05, 4.69) is 15.6 Å². The lowest BCUT2D eigenvalue weighted by molar-refractivity contribution is -0.137. The molecule has 0 fully saturated rings. The largest absolute Gasteiger partial charge is 0.493 e. The Kier molecular flexibility index (Phi) is 10.4. The molecule has 4 N–H and O–H groups in total. The molecule has 0 aliphatic rings. The first kappa shape index (κ1) is 26.3. The minimum absolute atomic E-state index is 0. The molecular formula is C20H24F3IN4O3. The van der Waals surface area contributed by atoms with Gasteiger partial charge in [0.2, 0.25) is 0 Å². The lowest BCUT2D eigenvalue weighted by Crippen LogP contribution is -2.38. The standard InChI is InChI=1S/C20H23F3N4O3.HI/c1-29-16-8-3-13(11-17(16)30-2)12-27-19(24)26-10-9-25-18(28)14-4-6-15(7-5-14)20(21,22)23;/h3-8,11H,9-10,12H2,1-2H3,(H,25,28)(H3,24,26,27);1H. The summed E-state index contributed by atoms with van der Waals surface area (Å²) in [5.41, 5.74) is 6.00. The van der Waals surface area contributed by atoms with Crippen molar-refractivity contribution in [2.45, 2.75) is 12.7 Å². The smallest absolute Gasteiger partial charge is 0.416 e. The van der Waals surface area contributed by atoms with Crippen LogP contribution in [0, 0.1) is 0 Å². The minimum atomic E-state index is -4.44. The molecule has 0 saturated carbocycles. The molecular weight excluding hydrogens is 528 g/mol. The molecule has 11 heteroatoms. The predicted molar refractivity (Wildman–Crippen MR) is 122 cm³/mol. The van der Waals surface area contributed by atoms with Crippen LogP contribution in [0.1, 0.15) is 21.5 Å². The summed E-state index contributed by atoms with van der Waals surface area (Å²) in [6.07, 6.45) is -4.44. The molecule has 0 heterocycles. The van der Waals surface area contributed by atoms with Crippen molar-refractivity contribution in [2.24, 2.45) is 10.7 Å². The summed E-state index contributed by atoms with van der Waals surface area (Å²) in [5.74, 6) is 0.905. The summed E-state index contributed by atoms with van der Waals surface area (Å²) in [6, 6.07) is 9.39. The second-order valence-corrected chi connectivity index (χ2v) is 6.15. The number of carbonyl (C=O) groups excluding carboxylic acids is 1. The van der Waals surface area contributed by atoms with Crippen molar-refractivity contribution in [2.75, 3.05) is 27.3 Å². The number of guanidine groups is 1. The van der Waals surface area contributed by atoms with E-state index in [0.29, 0.717) is 24.6 Å². The summed E-state index contributed by atoms with van der Waals surface area (Å²) in [4.78, 5) is 16.2. The molecule has 0 aliphatic heterocycles. The zero-order valence-corrected chi connectivity index (χ0v) is 19.3. The number of nitrogens with two attached hydrogens (primary N) is 1. The van der Waals surface area contributed by atoms with Gasteiger partial charge in [-0.1, -0.05) is 6.07 Å². The fraction of sp³-hybridized carbons (Fsp3) is 0.300. The highest BCUT2D eigenvalue weighted by Gasteiger charge is 2.30. The quantitative estimate of drug-likeness (QED) is 0.202. The molecule has 0 atom stereocenters. The highest BCUT2D eigenvalue weighted by atomic mass is 127. The number of nitrogens with zero attached hydrogens (tertiary/aromatic N) is 1. The van der Waals surface area contributed by atoms with Crippen molar-refractivity contribution < 1.29 is 27.4 Å². The van der Waals surface area contributed by atoms with E-state index in [1.54, 1.807) is 26.4 Å². The number of benzene rings is 2. The van der Waals surface area contributed by atoms with Gasteiger partial charge in [-0.2, -0.15) is 13.2 Å². The van der Waals surface area contributed by atoms with E-state index >= 15 is 0 Å². The average Bonchev–Trinajstić information content (AvgIpc) is 2.74. The van der Waals surface area contributed by atoms with Gasteiger partial charge in [0.05, 0.1) is 26.3 Å². The summed E-state index contributed by atoms with van der Waals surface area (Å²) in [5, 5.41) is 5.44. The number of rotatable bonds is 8. The molecule has 2 aromatic rings. The van der Waals surface area contributed by atoms with Gasteiger partial charge < -0.3 is 25.8 Å². The first-order chi connectivity index (χ1) is 14.2. The number of carbonyl (C=O) groups is 1. The number of halogens is 4. The molecule has 7 nitrogen and oxygen atoms in total. The third kappa shape index (κ3) is 8.15. The van der Waals surface area contributed by atoms with Gasteiger partial charge in [0.1, 0.15) is 0 Å². The molecule has 0 unspecified atom stereocenters. The molecule has 170 valence electrons. The molecule has 1 amide bonds. The van der Waals surface area contributed by atoms with Gasteiger partial charge in [-0.3, -0.25) is 4.79 Å². The zero-order chi connectivity index (χ0) is 22.1. The van der Waals surface area contributed by atoms with Gasteiger partial charge in [0, 0.05) is 18.7 Å². The molecule has 0 bridgehead atoms. The van der Waals surface area contributed by atoms with Crippen LogP contribution in [0.2, 0.25) is 0 Å². The fourth-order valence-corrected chi connectivity index (χ4v) is 2.49. The Morgan fingerprint density at radius 1 is 1.00 bits per heavy atom. The number of alkyl halides is 3. The van der Waals surface area contributed by atoms with Crippen LogP contribution >= 0.6 is 24.0 Å². The van der Waals surface area contributed by atoms with Crippen LogP contribution in [-0.2, 0) is 12.7 Å². The van der Waals surface area contributed by atoms with Gasteiger partial charge in [0.25, 0.3) is 5.91 Å². The van der Waals surface area contributed by atoms with Gasteiger partial charge >= 0.3 is 6.18 Å². The summed E-state index contributed by atoms with van der Waals surface area (Å²) >= 11 is 0. The number of amides is 1. The third-order valence-electron chi connectivity index (χ3n) is 4.07. The first-order valence-electron chi connectivity index (χ1n) is 8.94. The first-order valence-corrected chi connectivity index (χ1v) is 8.94. The number of hydrogen-bond donors (Lipinski definition) is 3. The fourth-order valence-electron chi connectivity index (χ4n) is 2.49. The Bertz CT molecular complexity index is 890. The lowest BCUT2D eigenvalue weighted by atomic mass is 10.1. The molecule has 2 aromatic carbocycles. The Morgan fingerprint density at radius 2 is 1.61 bits per heavy atom. The van der Waals surface area contributed by atoms with Crippen LogP contribution in [0.25, 0.3) is 0 Å². The maximum absolute atomic E-state index is 12.5. The van der Waals surface area contributed by atoms with Crippen molar-refractivity contribution in [1.82, 2.24) is 10.6 Å². The monoisotopic (exact) mass is 552 g/mol. The van der Waals surface area contributed by atoms with Crippen LogP contribution in [0.3, 0.4) is 0 Å². The highest BCUT2D eigenvalue weighted by Crippen LogP contribution is 2.29. The van der Waals surface area contributed by atoms with Crippen LogP contribution in [0.5, 0.6) is 11.5 Å². The molecule has 0 aliphatic carbocycles. The van der Waals surface area contributed by atoms with Crippen molar-refractivity contribution in [3.63, 3.8) is 0 Å². The minimum Gasteiger partial charge on any atom is -0.493 e. The Hall–Kier alpha value is -2.70. The van der Waals surface area contributed by atoms with Crippen LogP contribution in [0.15, 0.2) is 47.5 Å².